The average Bonchev–Trinajstić information content (AvgIpc) is 2.56. The van der Waals surface area contributed by atoms with Crippen molar-refractivity contribution in [2.75, 3.05) is 13.1 Å². The van der Waals surface area contributed by atoms with E-state index in [9.17, 15) is 9.59 Å². The van der Waals surface area contributed by atoms with Crippen LogP contribution < -0.4 is 16.0 Å². The molecule has 0 bridgehead atoms. The molecule has 1 atom stereocenters. The first-order valence-corrected chi connectivity index (χ1v) is 8.53. The van der Waals surface area contributed by atoms with Crippen molar-refractivity contribution in [2.24, 2.45) is 0 Å². The number of piperidine rings is 1. The Kier molecular flexibility index (Phi) is 9.42. The minimum atomic E-state index is -0.439. The van der Waals surface area contributed by atoms with Gasteiger partial charge in [0, 0.05) is 6.04 Å². The molecule has 2 amide bonds. The van der Waals surface area contributed by atoms with Gasteiger partial charge in [-0.25, -0.2) is 0 Å². The van der Waals surface area contributed by atoms with Crippen LogP contribution in [0.4, 0.5) is 0 Å². The SMILES string of the molecule is CCCC(NC(=O)Cc1ccccc1)C(=O)NC1CCNCC1.Cl. The molecule has 1 aliphatic rings. The number of halogens is 1. The lowest BCUT2D eigenvalue weighted by atomic mass is 10.0. The van der Waals surface area contributed by atoms with Crippen LogP contribution in [0.25, 0.3) is 0 Å². The fourth-order valence-corrected chi connectivity index (χ4v) is 2.85. The van der Waals surface area contributed by atoms with Gasteiger partial charge in [0.05, 0.1) is 6.42 Å². The molecule has 0 saturated carbocycles. The van der Waals surface area contributed by atoms with Crippen molar-refractivity contribution < 1.29 is 9.59 Å². The van der Waals surface area contributed by atoms with Crippen molar-refractivity contribution >= 4 is 24.2 Å². The maximum Gasteiger partial charge on any atom is 0.242 e. The van der Waals surface area contributed by atoms with Crippen LogP contribution in [0.5, 0.6) is 0 Å². The highest BCUT2D eigenvalue weighted by molar-refractivity contribution is 5.88. The zero-order valence-electron chi connectivity index (χ0n) is 14.2. The van der Waals surface area contributed by atoms with Crippen LogP contribution in [0, 0.1) is 0 Å². The molecule has 3 N–H and O–H groups in total. The van der Waals surface area contributed by atoms with Crippen molar-refractivity contribution in [3.05, 3.63) is 35.9 Å². The minimum absolute atomic E-state index is 0. The Morgan fingerprint density at radius 3 is 2.50 bits per heavy atom. The van der Waals surface area contributed by atoms with Crippen LogP contribution in [0.15, 0.2) is 30.3 Å². The predicted octanol–water partition coefficient (Wildman–Crippen LogP) is 1.80. The van der Waals surface area contributed by atoms with Gasteiger partial charge < -0.3 is 16.0 Å². The molecule has 24 heavy (non-hydrogen) atoms. The summed E-state index contributed by atoms with van der Waals surface area (Å²) >= 11 is 0. The maximum absolute atomic E-state index is 12.4. The third-order valence-corrected chi connectivity index (χ3v) is 4.12. The van der Waals surface area contributed by atoms with Gasteiger partial charge in [0.15, 0.2) is 0 Å². The summed E-state index contributed by atoms with van der Waals surface area (Å²) in [5.41, 5.74) is 0.957. The van der Waals surface area contributed by atoms with E-state index in [4.69, 9.17) is 0 Å². The van der Waals surface area contributed by atoms with E-state index in [-0.39, 0.29) is 30.3 Å². The summed E-state index contributed by atoms with van der Waals surface area (Å²) < 4.78 is 0. The zero-order chi connectivity index (χ0) is 16.5. The Morgan fingerprint density at radius 2 is 1.88 bits per heavy atom. The molecule has 1 unspecified atom stereocenters. The number of amides is 2. The first-order chi connectivity index (χ1) is 11.2. The minimum Gasteiger partial charge on any atom is -0.351 e. The standard InChI is InChI=1S/C18H27N3O2.ClH/c1-2-6-16(18(23)20-15-9-11-19-12-10-15)21-17(22)13-14-7-4-3-5-8-14;/h3-5,7-8,15-16,19H,2,6,9-13H2,1H3,(H,20,23)(H,21,22);1H. The van der Waals surface area contributed by atoms with Crippen LogP contribution in [0.1, 0.15) is 38.2 Å². The van der Waals surface area contributed by atoms with Gasteiger partial charge in [-0.15, -0.1) is 12.4 Å². The molecule has 134 valence electrons. The number of benzene rings is 1. The molecule has 1 aromatic carbocycles. The van der Waals surface area contributed by atoms with E-state index in [0.29, 0.717) is 12.8 Å². The smallest absolute Gasteiger partial charge is 0.242 e. The normalized spacial score (nSPS) is 15.9. The average molecular weight is 354 g/mol. The first kappa shape index (κ1) is 20.5. The Morgan fingerprint density at radius 1 is 1.21 bits per heavy atom. The summed E-state index contributed by atoms with van der Waals surface area (Å²) in [5.74, 6) is -0.157. The van der Waals surface area contributed by atoms with Gasteiger partial charge in [-0.05, 0) is 37.9 Å². The first-order valence-electron chi connectivity index (χ1n) is 8.53. The second kappa shape index (κ2) is 11.0. The molecule has 2 rings (SSSR count). The quantitative estimate of drug-likeness (QED) is 0.700. The monoisotopic (exact) mass is 353 g/mol. The number of carbonyl (C=O) groups excluding carboxylic acids is 2. The number of hydrogen-bond acceptors (Lipinski definition) is 3. The highest BCUT2D eigenvalue weighted by Crippen LogP contribution is 2.05. The van der Waals surface area contributed by atoms with Crippen molar-refractivity contribution in [1.29, 1.82) is 0 Å². The topological polar surface area (TPSA) is 70.2 Å². The van der Waals surface area contributed by atoms with Crippen LogP contribution >= 0.6 is 12.4 Å². The predicted molar refractivity (Wildman–Crippen MR) is 98.3 cm³/mol. The summed E-state index contributed by atoms with van der Waals surface area (Å²) in [7, 11) is 0. The molecule has 1 aromatic rings. The maximum atomic E-state index is 12.4. The van der Waals surface area contributed by atoms with Gasteiger partial charge in [-0.1, -0.05) is 43.7 Å². The Bertz CT molecular complexity index is 504. The second-order valence-corrected chi connectivity index (χ2v) is 6.10. The Labute approximate surface area is 150 Å². The van der Waals surface area contributed by atoms with Crippen molar-refractivity contribution in [2.45, 2.75) is 51.1 Å². The van der Waals surface area contributed by atoms with Gasteiger partial charge in [-0.3, -0.25) is 9.59 Å². The van der Waals surface area contributed by atoms with E-state index in [1.54, 1.807) is 0 Å². The van der Waals surface area contributed by atoms with Gasteiger partial charge >= 0.3 is 0 Å². The number of carbonyl (C=O) groups is 2. The largest absolute Gasteiger partial charge is 0.351 e. The number of nitrogens with one attached hydrogen (secondary N) is 3. The van der Waals surface area contributed by atoms with E-state index in [0.717, 1.165) is 37.9 Å². The molecule has 1 fully saturated rings. The summed E-state index contributed by atoms with van der Waals surface area (Å²) in [6.07, 6.45) is 3.72. The zero-order valence-corrected chi connectivity index (χ0v) is 15.0. The third-order valence-electron chi connectivity index (χ3n) is 4.12. The van der Waals surface area contributed by atoms with E-state index < -0.39 is 6.04 Å². The molecule has 0 spiro atoms. The van der Waals surface area contributed by atoms with E-state index in [1.807, 2.05) is 37.3 Å². The van der Waals surface area contributed by atoms with Crippen LogP contribution in [0.3, 0.4) is 0 Å². The molecule has 5 nitrogen and oxygen atoms in total. The van der Waals surface area contributed by atoms with E-state index >= 15 is 0 Å². The molecule has 0 aliphatic carbocycles. The van der Waals surface area contributed by atoms with Crippen LogP contribution in [0.2, 0.25) is 0 Å². The van der Waals surface area contributed by atoms with E-state index in [1.165, 1.54) is 0 Å². The lowest BCUT2D eigenvalue weighted by Gasteiger charge is -2.26. The van der Waals surface area contributed by atoms with Crippen molar-refractivity contribution in [3.8, 4) is 0 Å². The van der Waals surface area contributed by atoms with Gasteiger partial charge in [0.1, 0.15) is 6.04 Å². The molecule has 1 saturated heterocycles. The fraction of sp³-hybridized carbons (Fsp3) is 0.556. The van der Waals surface area contributed by atoms with E-state index in [2.05, 4.69) is 16.0 Å². The third kappa shape index (κ3) is 6.89. The summed E-state index contributed by atoms with van der Waals surface area (Å²) in [5, 5.41) is 9.25. The Hall–Kier alpha value is -1.59. The molecule has 0 radical (unpaired) electrons. The van der Waals surface area contributed by atoms with Crippen LogP contribution in [-0.4, -0.2) is 37.0 Å². The number of hydrogen-bond donors (Lipinski definition) is 3. The van der Waals surface area contributed by atoms with Crippen molar-refractivity contribution in [1.82, 2.24) is 16.0 Å². The molecular formula is C18H28ClN3O2. The lowest BCUT2D eigenvalue weighted by molar-refractivity contribution is -0.129. The van der Waals surface area contributed by atoms with Gasteiger partial charge in [-0.2, -0.15) is 0 Å². The van der Waals surface area contributed by atoms with Gasteiger partial charge in [0.2, 0.25) is 11.8 Å². The highest BCUT2D eigenvalue weighted by Gasteiger charge is 2.23. The summed E-state index contributed by atoms with van der Waals surface area (Å²) in [6, 6.07) is 9.37. The van der Waals surface area contributed by atoms with Gasteiger partial charge in [0.25, 0.3) is 0 Å². The molecule has 1 aliphatic heterocycles. The van der Waals surface area contributed by atoms with Crippen molar-refractivity contribution in [3.63, 3.8) is 0 Å². The summed E-state index contributed by atoms with van der Waals surface area (Å²) in [6.45, 7) is 3.89. The molecule has 1 heterocycles. The number of rotatable bonds is 7. The Balaban J connectivity index is 0.00000288. The molecular weight excluding hydrogens is 326 g/mol. The molecule has 0 aromatic heterocycles. The fourth-order valence-electron chi connectivity index (χ4n) is 2.85. The van der Waals surface area contributed by atoms with Crippen LogP contribution in [-0.2, 0) is 16.0 Å². The lowest BCUT2D eigenvalue weighted by Crippen LogP contribution is -2.51. The second-order valence-electron chi connectivity index (χ2n) is 6.10. The molecule has 6 heteroatoms. The summed E-state index contributed by atoms with van der Waals surface area (Å²) in [4.78, 5) is 24.6. The highest BCUT2D eigenvalue weighted by atomic mass is 35.5.